The Morgan fingerprint density at radius 3 is 0.718 bits per heavy atom. The van der Waals surface area contributed by atoms with Gasteiger partial charge in [-0.25, -0.2) is 19.9 Å². The lowest BCUT2D eigenvalue weighted by Gasteiger charge is -2.31. The molecule has 16 aromatic rings. The number of aromatic nitrogens is 16. The van der Waals surface area contributed by atoms with Crippen molar-refractivity contribution in [2.45, 2.75) is 51.9 Å². The number of nitrogens with two attached hydrogens (primary N) is 4. The second-order valence-electron chi connectivity index (χ2n) is 29.7. The van der Waals surface area contributed by atoms with Crippen LogP contribution in [-0.2, 0) is 28.2 Å². The first-order valence-electron chi connectivity index (χ1n) is 40.0. The lowest BCUT2D eigenvalue weighted by atomic mass is 10.1. The molecule has 4 atom stereocenters. The van der Waals surface area contributed by atoms with Crippen LogP contribution in [0.15, 0.2) is 220 Å². The molecule has 0 unspecified atom stereocenters. The van der Waals surface area contributed by atoms with Crippen LogP contribution in [-0.4, -0.2) is 186 Å². The van der Waals surface area contributed by atoms with Crippen molar-refractivity contribution in [1.82, 2.24) is 79.0 Å². The minimum Gasteiger partial charge on any atom is -0.497 e. The Morgan fingerprint density at radius 1 is 0.282 bits per heavy atom. The summed E-state index contributed by atoms with van der Waals surface area (Å²) < 4.78 is 50.7. The summed E-state index contributed by atoms with van der Waals surface area (Å²) in [4.78, 5) is 46.2. The molecule has 0 saturated carbocycles. The maximum Gasteiger partial charge on any atom is 0.124 e. The number of aryl methyl sites for hydroxylation is 4. The predicted octanol–water partition coefficient (Wildman–Crippen LogP) is 14.1. The molecule has 124 heavy (non-hydrogen) atoms. The highest BCUT2D eigenvalue weighted by atomic mass is 16.5. The molecular formula is C92H104N24O8. The van der Waals surface area contributed by atoms with Gasteiger partial charge in [0, 0.05) is 244 Å². The number of fused-ring (bicyclic) bond motifs is 4. The van der Waals surface area contributed by atoms with Crippen LogP contribution in [0, 0.1) is 0 Å². The zero-order chi connectivity index (χ0) is 87.8. The quantitative estimate of drug-likeness (QED) is 0.0354. The normalized spacial score (nSPS) is 12.0. The Hall–Kier alpha value is -14.6. The zero-order valence-electron chi connectivity index (χ0n) is 72.4. The molecule has 32 heteroatoms. The Balaban J connectivity index is 0.000000142. The first kappa shape index (κ1) is 87.2. The molecule has 8 aromatic heterocycles. The molecule has 640 valence electrons. The van der Waals surface area contributed by atoms with Crippen molar-refractivity contribution in [2.24, 2.45) is 51.1 Å². The van der Waals surface area contributed by atoms with Crippen molar-refractivity contribution < 1.29 is 37.9 Å². The van der Waals surface area contributed by atoms with Crippen molar-refractivity contribution in [3.8, 4) is 91.0 Å². The summed E-state index contributed by atoms with van der Waals surface area (Å²) in [6, 6.07) is 47.2. The van der Waals surface area contributed by atoms with Gasteiger partial charge in [-0.3, -0.25) is 38.7 Å². The van der Waals surface area contributed by atoms with Crippen LogP contribution in [0.3, 0.4) is 0 Å². The second kappa shape index (κ2) is 39.7. The van der Waals surface area contributed by atoms with Crippen molar-refractivity contribution in [3.05, 3.63) is 220 Å². The molecule has 0 amide bonds. The van der Waals surface area contributed by atoms with Crippen molar-refractivity contribution in [3.63, 3.8) is 0 Å². The maximum absolute atomic E-state index is 6.18. The predicted molar refractivity (Wildman–Crippen MR) is 488 cm³/mol. The number of hydrogen-bond acceptors (Lipinski definition) is 28. The fourth-order valence-corrected chi connectivity index (χ4v) is 14.0. The Labute approximate surface area is 719 Å². The number of benzene rings is 8. The lowest BCUT2D eigenvalue weighted by molar-refractivity contribution is 0.394. The van der Waals surface area contributed by atoms with E-state index in [0.717, 1.165) is 135 Å². The Morgan fingerprint density at radius 2 is 0.508 bits per heavy atom. The molecule has 16 rings (SSSR count). The summed E-state index contributed by atoms with van der Waals surface area (Å²) >= 11 is 0. The Kier molecular flexibility index (Phi) is 27.9. The number of rotatable bonds is 28. The summed E-state index contributed by atoms with van der Waals surface area (Å²) in [6.07, 6.45) is 21.9. The summed E-state index contributed by atoms with van der Waals surface area (Å²) in [6.45, 7) is 10.3. The summed E-state index contributed by atoms with van der Waals surface area (Å²) in [5.41, 5.74) is 45.3. The second-order valence-corrected chi connectivity index (χ2v) is 29.7. The van der Waals surface area contributed by atoms with E-state index in [4.69, 9.17) is 80.8 Å². The third kappa shape index (κ3) is 20.9. The van der Waals surface area contributed by atoms with E-state index in [9.17, 15) is 0 Å². The fraction of sp³-hybridized carbons (Fsp3) is 0.261. The summed E-state index contributed by atoms with van der Waals surface area (Å²) in [7, 11) is 20.6. The van der Waals surface area contributed by atoms with E-state index in [0.29, 0.717) is 72.2 Å². The minimum atomic E-state index is -0.0549. The molecule has 0 bridgehead atoms. The van der Waals surface area contributed by atoms with Gasteiger partial charge in [0.15, 0.2) is 0 Å². The van der Waals surface area contributed by atoms with Crippen LogP contribution in [0.25, 0.3) is 89.2 Å². The van der Waals surface area contributed by atoms with Crippen LogP contribution in [0.1, 0.15) is 27.7 Å². The molecular weight excluding hydrogens is 1570 g/mol. The van der Waals surface area contributed by atoms with E-state index in [2.05, 4.69) is 73.8 Å². The van der Waals surface area contributed by atoms with Gasteiger partial charge in [-0.2, -0.15) is 20.4 Å². The van der Waals surface area contributed by atoms with Gasteiger partial charge in [0.2, 0.25) is 0 Å². The molecule has 0 saturated heterocycles. The molecule has 0 aliphatic heterocycles. The molecule has 8 heterocycles. The minimum absolute atomic E-state index is 0.0312. The highest BCUT2D eigenvalue weighted by Crippen LogP contribution is 2.41. The first-order valence-corrected chi connectivity index (χ1v) is 40.0. The Bertz CT molecular complexity index is 5860. The van der Waals surface area contributed by atoms with Gasteiger partial charge in [-0.05, 0) is 100 Å². The highest BCUT2D eigenvalue weighted by Gasteiger charge is 2.24. The SMILES string of the molecule is COc1cc(OC)cc(N(C[C@@H](C)N)c2ccc3ncc(-c4cnn(C)c4)nc3c2)c1.COc1cc(OC)cc(N(C[C@H](C)N)c2ccc3ncc(-c4cnn(C)c4)nc3c2)c1.COc1cc(OC)cc(N(c2ccc3ncc(-c4cnn(C)c4)nc3c2)[C@@H](C)CN)c1.COc1cc(OC)cc(N(c2ccc3ncc(-c4cnn(C)c4)nc3c2)[C@H](C)CN)c1. The molecule has 8 aromatic carbocycles. The molecule has 0 aliphatic carbocycles. The van der Waals surface area contributed by atoms with Crippen LogP contribution in [0.5, 0.6) is 46.0 Å². The van der Waals surface area contributed by atoms with Crippen LogP contribution in [0.4, 0.5) is 45.5 Å². The lowest BCUT2D eigenvalue weighted by Crippen LogP contribution is -2.34. The third-order valence-corrected chi connectivity index (χ3v) is 20.3. The number of methoxy groups -OCH3 is 8. The van der Waals surface area contributed by atoms with Crippen LogP contribution < -0.4 is 80.4 Å². The van der Waals surface area contributed by atoms with E-state index in [1.807, 2.05) is 212 Å². The van der Waals surface area contributed by atoms with Gasteiger partial charge >= 0.3 is 0 Å². The van der Waals surface area contributed by atoms with Gasteiger partial charge < -0.3 is 80.4 Å². The molecule has 0 radical (unpaired) electrons. The standard InChI is InChI=1S/4C23H26N6O2/c2*1-15(24)13-29(18-7-19(30-3)10-20(8-18)31-4)17-5-6-21-22(9-17)27-23(12-25-21)16-11-26-28(2)14-16;2*1-15(11-24)29(18-7-19(30-3)10-20(8-18)31-4)17-5-6-21-22(9-17)27-23(13-25-21)16-12-26-28(2)14-16/h2*5-12,14-15H,13,24H2,1-4H3;2*5-10,12-15H,11,24H2,1-4H3/t4*15-/m1010/s1. The van der Waals surface area contributed by atoms with Gasteiger partial charge in [0.25, 0.3) is 0 Å². The smallest absolute Gasteiger partial charge is 0.124 e. The van der Waals surface area contributed by atoms with E-state index in [1.54, 1.807) is 125 Å². The number of nitrogens with zero attached hydrogens (tertiary/aromatic N) is 20. The average Bonchev–Trinajstić information content (AvgIpc) is 1.22. The fourth-order valence-electron chi connectivity index (χ4n) is 14.0. The first-order chi connectivity index (χ1) is 60.0. The molecule has 0 spiro atoms. The van der Waals surface area contributed by atoms with Gasteiger partial charge in [-0.1, -0.05) is 0 Å². The van der Waals surface area contributed by atoms with Gasteiger partial charge in [0.1, 0.15) is 46.0 Å². The number of ether oxygens (including phenoxy) is 8. The van der Waals surface area contributed by atoms with Gasteiger partial charge in [-0.15, -0.1) is 0 Å². The zero-order valence-corrected chi connectivity index (χ0v) is 72.4. The topological polar surface area (TPSA) is 365 Å². The molecule has 8 N–H and O–H groups in total. The van der Waals surface area contributed by atoms with E-state index >= 15 is 0 Å². The van der Waals surface area contributed by atoms with Crippen LogP contribution >= 0.6 is 0 Å². The van der Waals surface area contributed by atoms with E-state index in [-0.39, 0.29) is 24.2 Å². The van der Waals surface area contributed by atoms with Gasteiger partial charge in [0.05, 0.1) is 173 Å². The van der Waals surface area contributed by atoms with E-state index in [1.165, 1.54) is 0 Å². The average molecular weight is 1670 g/mol. The monoisotopic (exact) mass is 1670 g/mol. The van der Waals surface area contributed by atoms with Crippen molar-refractivity contribution in [2.75, 3.05) is 103 Å². The summed E-state index contributed by atoms with van der Waals surface area (Å²) in [5.74, 6) is 5.69. The molecule has 32 nitrogen and oxygen atoms in total. The number of hydrogen-bond donors (Lipinski definition) is 4. The van der Waals surface area contributed by atoms with E-state index < -0.39 is 0 Å². The number of anilines is 8. The van der Waals surface area contributed by atoms with Crippen molar-refractivity contribution in [1.29, 1.82) is 0 Å². The highest BCUT2D eigenvalue weighted by molar-refractivity contribution is 5.87. The largest absolute Gasteiger partial charge is 0.497 e. The third-order valence-electron chi connectivity index (χ3n) is 20.3. The molecule has 0 aliphatic rings. The van der Waals surface area contributed by atoms with Crippen molar-refractivity contribution >= 4 is 89.6 Å². The van der Waals surface area contributed by atoms with Crippen LogP contribution in [0.2, 0.25) is 0 Å². The maximum atomic E-state index is 6.18. The molecule has 0 fully saturated rings. The summed E-state index contributed by atoms with van der Waals surface area (Å²) in [5, 5.41) is 16.9.